The van der Waals surface area contributed by atoms with Crippen molar-refractivity contribution in [1.82, 2.24) is 26.6 Å². The van der Waals surface area contributed by atoms with E-state index in [1.165, 1.54) is 38.5 Å². The van der Waals surface area contributed by atoms with Crippen LogP contribution < -0.4 is 26.6 Å². The summed E-state index contributed by atoms with van der Waals surface area (Å²) >= 11 is 0. The van der Waals surface area contributed by atoms with Crippen molar-refractivity contribution in [2.75, 3.05) is 52.6 Å². The number of unbranched alkanes of at least 4 members (excludes halogenated alkanes) is 8. The van der Waals surface area contributed by atoms with Crippen LogP contribution in [0.1, 0.15) is 197 Å². The van der Waals surface area contributed by atoms with Gasteiger partial charge in [-0.05, 0) is 74.0 Å². The predicted octanol–water partition coefficient (Wildman–Crippen LogP) is 8.55. The largest absolute Gasteiger partial charge is 0.379 e. The summed E-state index contributed by atoms with van der Waals surface area (Å²) < 4.78 is 11.6. The molecule has 0 spiro atoms. The van der Waals surface area contributed by atoms with Gasteiger partial charge in [0, 0.05) is 58.3 Å². The summed E-state index contributed by atoms with van der Waals surface area (Å²) in [5, 5.41) is 14.6. The lowest BCUT2D eigenvalue weighted by atomic mass is 9.89. The molecule has 0 fully saturated rings. The van der Waals surface area contributed by atoms with Crippen molar-refractivity contribution >= 4 is 29.5 Å². The van der Waals surface area contributed by atoms with Crippen LogP contribution in [0.15, 0.2) is 0 Å². The molecule has 12 nitrogen and oxygen atoms in total. The predicted molar refractivity (Wildman–Crippen MR) is 245 cm³/mol. The summed E-state index contributed by atoms with van der Waals surface area (Å²) in [4.78, 5) is 61.8. The van der Waals surface area contributed by atoms with Gasteiger partial charge in [-0.1, -0.05) is 114 Å². The third kappa shape index (κ3) is 40.7. The number of ether oxygens (including phenoxy) is 2. The molecule has 5 N–H and O–H groups in total. The van der Waals surface area contributed by atoms with Crippen molar-refractivity contribution in [2.45, 2.75) is 203 Å². The van der Waals surface area contributed by atoms with Gasteiger partial charge >= 0.3 is 0 Å². The van der Waals surface area contributed by atoms with Crippen LogP contribution in [-0.2, 0) is 33.4 Å². The Morgan fingerprint density at radius 1 is 0.433 bits per heavy atom. The lowest BCUT2D eigenvalue weighted by Gasteiger charge is -2.19. The topological polar surface area (TPSA) is 164 Å². The molecule has 2 atom stereocenters. The van der Waals surface area contributed by atoms with E-state index in [4.69, 9.17) is 9.47 Å². The van der Waals surface area contributed by atoms with Crippen LogP contribution in [0, 0.1) is 22.7 Å². The molecule has 0 aromatic rings. The SMILES string of the molecule is CC(C)C(C)CCCC(=O)NCCCNC(=O)CCOCC(COCCC(=O)NCCCNC(=O)CCCCC(C)(C)C)NC(=O)CCCCCCCCCCC(C)(C)C. The first-order valence-electron chi connectivity index (χ1n) is 23.9. The number of carbonyl (C=O) groups is 5. The third-order valence-corrected chi connectivity index (χ3v) is 10.8. The molecule has 0 aliphatic carbocycles. The molecule has 0 aromatic heterocycles. The van der Waals surface area contributed by atoms with E-state index in [9.17, 15) is 24.0 Å². The summed E-state index contributed by atoms with van der Waals surface area (Å²) in [5.41, 5.74) is 0.695. The molecule has 0 heterocycles. The first-order chi connectivity index (χ1) is 28.4. The van der Waals surface area contributed by atoms with Crippen LogP contribution in [0.5, 0.6) is 0 Å². The Morgan fingerprint density at radius 3 is 1.22 bits per heavy atom. The standard InChI is InChI=1S/C48H93N5O7/c1-39(2)40(3)23-20-26-43(55)50-32-22-34-52-45(57)28-36-60-38-41(53-46(58)25-16-14-12-10-11-13-15-18-29-47(4,5)6)37-59-35-27-44(56)51-33-21-31-49-42(54)24-17-19-30-48(7,8)9/h39-41H,10-38H2,1-9H3,(H,49,54)(H,50,55)(H,51,56)(H,52,57)(H,53,58). The van der Waals surface area contributed by atoms with Crippen molar-refractivity contribution in [1.29, 1.82) is 0 Å². The Bertz CT molecular complexity index is 1140. The van der Waals surface area contributed by atoms with Gasteiger partial charge in [-0.15, -0.1) is 0 Å². The molecular formula is C48H93N5O7. The van der Waals surface area contributed by atoms with Crippen LogP contribution >= 0.6 is 0 Å². The van der Waals surface area contributed by atoms with Gasteiger partial charge in [0.15, 0.2) is 0 Å². The van der Waals surface area contributed by atoms with E-state index in [1.807, 2.05) is 0 Å². The molecule has 0 aromatic carbocycles. The number of amides is 5. The second kappa shape index (κ2) is 35.8. The lowest BCUT2D eigenvalue weighted by Crippen LogP contribution is -2.42. The fourth-order valence-electron chi connectivity index (χ4n) is 6.51. The zero-order valence-corrected chi connectivity index (χ0v) is 40.1. The second-order valence-corrected chi connectivity index (χ2v) is 19.8. The monoisotopic (exact) mass is 852 g/mol. The number of nitrogens with one attached hydrogen (secondary N) is 5. The highest BCUT2D eigenvalue weighted by atomic mass is 16.5. The highest BCUT2D eigenvalue weighted by molar-refractivity contribution is 5.77. The van der Waals surface area contributed by atoms with Crippen LogP contribution in [-0.4, -0.2) is 88.2 Å². The Labute approximate surface area is 367 Å². The summed E-state index contributed by atoms with van der Waals surface area (Å²) in [6.45, 7) is 22.9. The van der Waals surface area contributed by atoms with E-state index in [2.05, 4.69) is 88.9 Å². The summed E-state index contributed by atoms with van der Waals surface area (Å²) in [5.74, 6) is 1.01. The minimum atomic E-state index is -0.411. The molecule has 0 radical (unpaired) electrons. The van der Waals surface area contributed by atoms with Crippen molar-refractivity contribution in [3.63, 3.8) is 0 Å². The molecule has 0 rings (SSSR count). The Balaban J connectivity index is 4.47. The van der Waals surface area contributed by atoms with Gasteiger partial charge in [0.2, 0.25) is 29.5 Å². The van der Waals surface area contributed by atoms with Crippen LogP contribution in [0.4, 0.5) is 0 Å². The maximum atomic E-state index is 12.9. The van der Waals surface area contributed by atoms with Gasteiger partial charge in [0.25, 0.3) is 0 Å². The van der Waals surface area contributed by atoms with E-state index in [0.717, 1.165) is 51.4 Å². The van der Waals surface area contributed by atoms with Gasteiger partial charge in [0.1, 0.15) is 0 Å². The Hall–Kier alpha value is -2.73. The zero-order valence-electron chi connectivity index (χ0n) is 40.1. The van der Waals surface area contributed by atoms with E-state index in [1.54, 1.807) is 0 Å². The summed E-state index contributed by atoms with van der Waals surface area (Å²) in [7, 11) is 0. The average molecular weight is 852 g/mol. The molecule has 0 aliphatic heterocycles. The number of rotatable bonds is 38. The molecule has 0 aliphatic rings. The third-order valence-electron chi connectivity index (χ3n) is 10.8. The fourth-order valence-corrected chi connectivity index (χ4v) is 6.51. The molecule has 5 amide bonds. The molecule has 12 heteroatoms. The smallest absolute Gasteiger partial charge is 0.222 e. The van der Waals surface area contributed by atoms with Gasteiger partial charge in [0.05, 0.1) is 32.5 Å². The van der Waals surface area contributed by atoms with Gasteiger partial charge in [-0.25, -0.2) is 0 Å². The van der Waals surface area contributed by atoms with Crippen LogP contribution in [0.25, 0.3) is 0 Å². The van der Waals surface area contributed by atoms with Gasteiger partial charge in [-0.3, -0.25) is 24.0 Å². The highest BCUT2D eigenvalue weighted by Crippen LogP contribution is 2.23. The number of hydrogen-bond donors (Lipinski definition) is 5. The first-order valence-corrected chi connectivity index (χ1v) is 23.9. The number of hydrogen-bond acceptors (Lipinski definition) is 7. The normalized spacial score (nSPS) is 12.8. The summed E-state index contributed by atoms with van der Waals surface area (Å²) in [6, 6.07) is -0.411. The van der Waals surface area contributed by atoms with E-state index >= 15 is 0 Å². The van der Waals surface area contributed by atoms with Crippen LogP contribution in [0.2, 0.25) is 0 Å². The zero-order chi connectivity index (χ0) is 45.1. The molecule has 0 saturated carbocycles. The fraction of sp³-hybridized carbons (Fsp3) is 0.896. The van der Waals surface area contributed by atoms with Crippen molar-refractivity contribution in [2.24, 2.45) is 22.7 Å². The quantitative estimate of drug-likeness (QED) is 0.0389. The van der Waals surface area contributed by atoms with E-state index in [0.29, 0.717) is 75.5 Å². The number of carbonyl (C=O) groups excluding carboxylic acids is 5. The molecule has 2 unspecified atom stereocenters. The summed E-state index contributed by atoms with van der Waals surface area (Å²) in [6.07, 6.45) is 18.7. The van der Waals surface area contributed by atoms with Gasteiger partial charge in [-0.2, -0.15) is 0 Å². The van der Waals surface area contributed by atoms with Crippen molar-refractivity contribution < 1.29 is 33.4 Å². The molecule has 60 heavy (non-hydrogen) atoms. The van der Waals surface area contributed by atoms with Crippen molar-refractivity contribution in [3.8, 4) is 0 Å². The minimum absolute atomic E-state index is 0.0525. The molecule has 0 bridgehead atoms. The average Bonchev–Trinajstić information content (AvgIpc) is 3.16. The Morgan fingerprint density at radius 2 is 0.783 bits per heavy atom. The van der Waals surface area contributed by atoms with E-state index < -0.39 is 6.04 Å². The maximum Gasteiger partial charge on any atom is 0.222 e. The Kier molecular flexibility index (Phi) is 34.2. The highest BCUT2D eigenvalue weighted by Gasteiger charge is 2.15. The van der Waals surface area contributed by atoms with E-state index in [-0.39, 0.29) is 74.2 Å². The van der Waals surface area contributed by atoms with Crippen molar-refractivity contribution in [3.05, 3.63) is 0 Å². The maximum absolute atomic E-state index is 12.9. The van der Waals surface area contributed by atoms with Crippen LogP contribution in [0.3, 0.4) is 0 Å². The molecule has 0 saturated heterocycles. The molecule has 352 valence electrons. The first kappa shape index (κ1) is 57.3. The minimum Gasteiger partial charge on any atom is -0.379 e. The molecular weight excluding hydrogens is 759 g/mol. The second-order valence-electron chi connectivity index (χ2n) is 19.8. The lowest BCUT2D eigenvalue weighted by molar-refractivity contribution is -0.125. The van der Waals surface area contributed by atoms with Gasteiger partial charge < -0.3 is 36.1 Å².